The summed E-state index contributed by atoms with van der Waals surface area (Å²) in [5, 5.41) is 2.84. The molecule has 4 nitrogen and oxygen atoms in total. The van der Waals surface area contributed by atoms with Crippen molar-refractivity contribution in [3.05, 3.63) is 53.1 Å². The van der Waals surface area contributed by atoms with E-state index < -0.39 is 0 Å². The summed E-state index contributed by atoms with van der Waals surface area (Å²) in [4.78, 5) is 12.1. The number of benzene rings is 2. The summed E-state index contributed by atoms with van der Waals surface area (Å²) >= 11 is 0. The summed E-state index contributed by atoms with van der Waals surface area (Å²) in [6.45, 7) is 1.95. The zero-order valence-corrected chi connectivity index (χ0v) is 13.5. The highest BCUT2D eigenvalue weighted by atomic mass is 16.5. The number of amides is 1. The molecule has 120 valence electrons. The molecule has 1 aliphatic rings. The molecule has 0 aliphatic heterocycles. The Morgan fingerprint density at radius 2 is 1.96 bits per heavy atom. The average Bonchev–Trinajstić information content (AvgIpc) is 3.01. The largest absolute Gasteiger partial charge is 0.495 e. The highest BCUT2D eigenvalue weighted by Gasteiger charge is 2.12. The minimum atomic E-state index is -0.200. The molecule has 0 aromatic heterocycles. The molecule has 1 amide bonds. The van der Waals surface area contributed by atoms with Crippen molar-refractivity contribution in [3.8, 4) is 11.5 Å². The fourth-order valence-electron chi connectivity index (χ4n) is 2.89. The minimum absolute atomic E-state index is 0.0180. The van der Waals surface area contributed by atoms with Crippen molar-refractivity contribution in [2.75, 3.05) is 19.0 Å². The molecule has 0 saturated carbocycles. The second-order valence-electron chi connectivity index (χ2n) is 5.82. The van der Waals surface area contributed by atoms with Crippen LogP contribution in [0.4, 0.5) is 5.69 Å². The summed E-state index contributed by atoms with van der Waals surface area (Å²) in [7, 11) is 1.58. The third-order valence-corrected chi connectivity index (χ3v) is 4.07. The first-order valence-corrected chi connectivity index (χ1v) is 7.85. The van der Waals surface area contributed by atoms with Crippen LogP contribution < -0.4 is 14.8 Å². The van der Waals surface area contributed by atoms with Crippen molar-refractivity contribution in [1.82, 2.24) is 0 Å². The third kappa shape index (κ3) is 3.65. The van der Waals surface area contributed by atoms with Crippen molar-refractivity contribution in [3.63, 3.8) is 0 Å². The van der Waals surface area contributed by atoms with Gasteiger partial charge in [-0.05, 0) is 67.1 Å². The van der Waals surface area contributed by atoms with Gasteiger partial charge in [0.2, 0.25) is 0 Å². The molecule has 0 heterocycles. The number of carbonyl (C=O) groups is 1. The quantitative estimate of drug-likeness (QED) is 0.919. The van der Waals surface area contributed by atoms with Gasteiger partial charge in [0.15, 0.2) is 6.61 Å². The molecular weight excluding hydrogens is 290 g/mol. The molecule has 2 aromatic carbocycles. The van der Waals surface area contributed by atoms with Gasteiger partial charge in [0.25, 0.3) is 5.91 Å². The van der Waals surface area contributed by atoms with Gasteiger partial charge in [0.05, 0.1) is 12.8 Å². The van der Waals surface area contributed by atoms with Crippen LogP contribution in [0.5, 0.6) is 11.5 Å². The number of hydrogen-bond acceptors (Lipinski definition) is 3. The zero-order chi connectivity index (χ0) is 16.2. The Bertz CT molecular complexity index is 725. The summed E-state index contributed by atoms with van der Waals surface area (Å²) in [5.74, 6) is 1.19. The molecule has 1 N–H and O–H groups in total. The smallest absolute Gasteiger partial charge is 0.262 e. The van der Waals surface area contributed by atoms with E-state index in [1.807, 2.05) is 37.3 Å². The topological polar surface area (TPSA) is 47.6 Å². The molecule has 0 atom stereocenters. The number of anilines is 1. The Hall–Kier alpha value is -2.49. The molecular formula is C19H21NO3. The first kappa shape index (κ1) is 15.4. The molecule has 0 spiro atoms. The van der Waals surface area contributed by atoms with E-state index >= 15 is 0 Å². The van der Waals surface area contributed by atoms with E-state index in [9.17, 15) is 4.79 Å². The standard InChI is InChI=1S/C19H21NO3/c1-13-6-9-18(22-2)17(10-13)20-19(21)12-23-16-8-7-14-4-3-5-15(14)11-16/h6-11H,3-5,12H2,1-2H3,(H,20,21). The van der Waals surface area contributed by atoms with Crippen molar-refractivity contribution in [2.24, 2.45) is 0 Å². The lowest BCUT2D eigenvalue weighted by molar-refractivity contribution is -0.118. The van der Waals surface area contributed by atoms with Crippen molar-refractivity contribution in [2.45, 2.75) is 26.2 Å². The number of nitrogens with one attached hydrogen (secondary N) is 1. The average molecular weight is 311 g/mol. The molecule has 1 aliphatic carbocycles. The fourth-order valence-corrected chi connectivity index (χ4v) is 2.89. The maximum Gasteiger partial charge on any atom is 0.262 e. The number of methoxy groups -OCH3 is 1. The highest BCUT2D eigenvalue weighted by Crippen LogP contribution is 2.27. The molecule has 4 heteroatoms. The van der Waals surface area contributed by atoms with Gasteiger partial charge >= 0.3 is 0 Å². The predicted octanol–water partition coefficient (Wildman–Crippen LogP) is 3.51. The van der Waals surface area contributed by atoms with Crippen molar-refractivity contribution >= 4 is 11.6 Å². The Morgan fingerprint density at radius 1 is 1.13 bits per heavy atom. The van der Waals surface area contributed by atoms with E-state index in [1.165, 1.54) is 17.5 Å². The van der Waals surface area contributed by atoms with E-state index in [2.05, 4.69) is 11.4 Å². The Balaban J connectivity index is 1.61. The van der Waals surface area contributed by atoms with Crippen LogP contribution in [-0.4, -0.2) is 19.6 Å². The van der Waals surface area contributed by atoms with Crippen LogP contribution >= 0.6 is 0 Å². The zero-order valence-electron chi connectivity index (χ0n) is 13.5. The maximum atomic E-state index is 12.1. The monoisotopic (exact) mass is 311 g/mol. The summed E-state index contributed by atoms with van der Waals surface area (Å²) < 4.78 is 10.9. The van der Waals surface area contributed by atoms with Crippen LogP contribution in [0.2, 0.25) is 0 Å². The molecule has 23 heavy (non-hydrogen) atoms. The van der Waals surface area contributed by atoms with Gasteiger partial charge in [-0.3, -0.25) is 4.79 Å². The molecule has 3 rings (SSSR count). The van der Waals surface area contributed by atoms with E-state index in [4.69, 9.17) is 9.47 Å². The van der Waals surface area contributed by atoms with E-state index in [1.54, 1.807) is 7.11 Å². The van der Waals surface area contributed by atoms with Gasteiger partial charge in [-0.1, -0.05) is 12.1 Å². The lowest BCUT2D eigenvalue weighted by atomic mass is 10.1. The van der Waals surface area contributed by atoms with Gasteiger partial charge in [0.1, 0.15) is 11.5 Å². The van der Waals surface area contributed by atoms with E-state index in [0.717, 1.165) is 24.2 Å². The van der Waals surface area contributed by atoms with Gasteiger partial charge in [0, 0.05) is 0 Å². The number of rotatable bonds is 5. The van der Waals surface area contributed by atoms with Gasteiger partial charge < -0.3 is 14.8 Å². The normalized spacial score (nSPS) is 12.6. The lowest BCUT2D eigenvalue weighted by Gasteiger charge is -2.12. The minimum Gasteiger partial charge on any atom is -0.495 e. The molecule has 2 aromatic rings. The fraction of sp³-hybridized carbons (Fsp3) is 0.316. The number of carbonyl (C=O) groups excluding carboxylic acids is 1. The maximum absolute atomic E-state index is 12.1. The van der Waals surface area contributed by atoms with Crippen molar-refractivity contribution in [1.29, 1.82) is 0 Å². The summed E-state index contributed by atoms with van der Waals surface area (Å²) in [6.07, 6.45) is 3.44. The second-order valence-corrected chi connectivity index (χ2v) is 5.82. The summed E-state index contributed by atoms with van der Waals surface area (Å²) in [5.41, 5.74) is 4.45. The van der Waals surface area contributed by atoms with Crippen LogP contribution in [-0.2, 0) is 17.6 Å². The number of fused-ring (bicyclic) bond motifs is 1. The van der Waals surface area contributed by atoms with Crippen molar-refractivity contribution < 1.29 is 14.3 Å². The Kier molecular flexibility index (Phi) is 4.51. The lowest BCUT2D eigenvalue weighted by Crippen LogP contribution is -2.20. The van der Waals surface area contributed by atoms with Gasteiger partial charge in [-0.15, -0.1) is 0 Å². The van der Waals surface area contributed by atoms with Gasteiger partial charge in [-0.2, -0.15) is 0 Å². The number of aryl methyl sites for hydroxylation is 3. The summed E-state index contributed by atoms with van der Waals surface area (Å²) in [6, 6.07) is 11.7. The first-order chi connectivity index (χ1) is 11.2. The molecule has 0 unspecified atom stereocenters. The number of ether oxygens (including phenoxy) is 2. The molecule has 0 bridgehead atoms. The predicted molar refractivity (Wildman–Crippen MR) is 90.3 cm³/mol. The first-order valence-electron chi connectivity index (χ1n) is 7.85. The molecule has 0 fully saturated rings. The SMILES string of the molecule is COc1ccc(C)cc1NC(=O)COc1ccc2c(c1)CCC2. The van der Waals surface area contributed by atoms with Crippen LogP contribution in [0.3, 0.4) is 0 Å². The van der Waals surface area contributed by atoms with Crippen LogP contribution in [0, 0.1) is 6.92 Å². The van der Waals surface area contributed by atoms with E-state index in [-0.39, 0.29) is 12.5 Å². The number of hydrogen-bond donors (Lipinski definition) is 1. The van der Waals surface area contributed by atoms with E-state index in [0.29, 0.717) is 11.4 Å². The molecule has 0 radical (unpaired) electrons. The Morgan fingerprint density at radius 3 is 2.78 bits per heavy atom. The highest BCUT2D eigenvalue weighted by molar-refractivity contribution is 5.93. The third-order valence-electron chi connectivity index (χ3n) is 4.07. The second kappa shape index (κ2) is 6.73. The van der Waals surface area contributed by atoms with Crippen LogP contribution in [0.15, 0.2) is 36.4 Å². The Labute approximate surface area is 136 Å². The van der Waals surface area contributed by atoms with Crippen LogP contribution in [0.1, 0.15) is 23.1 Å². The molecule has 0 saturated heterocycles. The van der Waals surface area contributed by atoms with Gasteiger partial charge in [-0.25, -0.2) is 0 Å². The van der Waals surface area contributed by atoms with Crippen LogP contribution in [0.25, 0.3) is 0 Å².